The number of carbonyl (C=O) groups is 1. The number of urea groups is 1. The molecule has 4 rings (SSSR count). The Morgan fingerprint density at radius 3 is 2.92 bits per heavy atom. The molecule has 0 aliphatic carbocycles. The lowest BCUT2D eigenvalue weighted by Crippen LogP contribution is -2.43. The fourth-order valence-corrected chi connectivity index (χ4v) is 3.19. The number of nitrogens with one attached hydrogen (secondary N) is 2. The van der Waals surface area contributed by atoms with E-state index in [2.05, 4.69) is 20.5 Å². The summed E-state index contributed by atoms with van der Waals surface area (Å²) in [6.45, 7) is 1.93. The number of amides is 2. The molecule has 1 saturated heterocycles. The van der Waals surface area contributed by atoms with Gasteiger partial charge in [0.2, 0.25) is 0 Å². The maximum absolute atomic E-state index is 12.6. The summed E-state index contributed by atoms with van der Waals surface area (Å²) in [5.41, 5.74) is 2.75. The number of anilines is 1. The average molecular weight is 351 g/mol. The minimum absolute atomic E-state index is 0.0793. The van der Waals surface area contributed by atoms with Crippen molar-refractivity contribution in [3.05, 3.63) is 54.5 Å². The van der Waals surface area contributed by atoms with E-state index in [4.69, 9.17) is 4.74 Å². The van der Waals surface area contributed by atoms with Crippen LogP contribution in [0.2, 0.25) is 0 Å². The molecule has 0 bridgehead atoms. The van der Waals surface area contributed by atoms with E-state index in [1.807, 2.05) is 41.4 Å². The Kier molecular flexibility index (Phi) is 4.79. The SMILES string of the molecule is O=C(Nc1cccc2[nH]ncc12)N1CCC(OCc2cccnc2)CC1. The number of rotatable bonds is 4. The zero-order chi connectivity index (χ0) is 17.8. The number of fused-ring (bicyclic) bond motifs is 1. The van der Waals surface area contributed by atoms with Crippen LogP contribution in [0.25, 0.3) is 10.9 Å². The molecular formula is C19H21N5O2. The van der Waals surface area contributed by atoms with Crippen LogP contribution >= 0.6 is 0 Å². The first kappa shape index (κ1) is 16.5. The van der Waals surface area contributed by atoms with Crippen LogP contribution in [0.5, 0.6) is 0 Å². The number of aromatic nitrogens is 3. The molecule has 0 spiro atoms. The number of pyridine rings is 1. The number of aromatic amines is 1. The average Bonchev–Trinajstić information content (AvgIpc) is 3.17. The van der Waals surface area contributed by atoms with Crippen molar-refractivity contribution in [3.8, 4) is 0 Å². The smallest absolute Gasteiger partial charge is 0.321 e. The summed E-state index contributed by atoms with van der Waals surface area (Å²) in [4.78, 5) is 18.5. The molecule has 0 unspecified atom stereocenters. The summed E-state index contributed by atoms with van der Waals surface area (Å²) in [6, 6.07) is 9.56. The van der Waals surface area contributed by atoms with E-state index in [9.17, 15) is 4.79 Å². The Hall–Kier alpha value is -2.93. The number of piperidine rings is 1. The lowest BCUT2D eigenvalue weighted by Gasteiger charge is -2.32. The van der Waals surface area contributed by atoms with E-state index < -0.39 is 0 Å². The van der Waals surface area contributed by atoms with Gasteiger partial charge in [-0.2, -0.15) is 5.10 Å². The molecule has 1 aliphatic heterocycles. The maximum Gasteiger partial charge on any atom is 0.321 e. The first-order valence-electron chi connectivity index (χ1n) is 8.78. The second kappa shape index (κ2) is 7.53. The zero-order valence-corrected chi connectivity index (χ0v) is 14.4. The van der Waals surface area contributed by atoms with Crippen LogP contribution in [-0.4, -0.2) is 45.3 Å². The quantitative estimate of drug-likeness (QED) is 0.756. The normalized spacial score (nSPS) is 15.3. The lowest BCUT2D eigenvalue weighted by molar-refractivity contribution is 0.00530. The molecule has 1 aliphatic rings. The Morgan fingerprint density at radius 1 is 1.23 bits per heavy atom. The summed E-state index contributed by atoms with van der Waals surface area (Å²) >= 11 is 0. The van der Waals surface area contributed by atoms with Crippen molar-refractivity contribution in [2.45, 2.75) is 25.6 Å². The molecule has 1 fully saturated rings. The van der Waals surface area contributed by atoms with Crippen molar-refractivity contribution in [1.29, 1.82) is 0 Å². The molecule has 26 heavy (non-hydrogen) atoms. The summed E-state index contributed by atoms with van der Waals surface area (Å²) in [7, 11) is 0. The highest BCUT2D eigenvalue weighted by Crippen LogP contribution is 2.22. The Bertz CT molecular complexity index is 872. The van der Waals surface area contributed by atoms with E-state index in [0.29, 0.717) is 19.7 Å². The first-order valence-corrected chi connectivity index (χ1v) is 8.78. The molecule has 7 nitrogen and oxygen atoms in total. The van der Waals surface area contributed by atoms with Crippen molar-refractivity contribution >= 4 is 22.6 Å². The molecule has 3 aromatic rings. The van der Waals surface area contributed by atoms with Crippen LogP contribution in [0.15, 0.2) is 48.9 Å². The summed E-state index contributed by atoms with van der Waals surface area (Å²) in [6.07, 6.45) is 7.15. The monoisotopic (exact) mass is 351 g/mol. The third-order valence-electron chi connectivity index (χ3n) is 4.66. The van der Waals surface area contributed by atoms with Crippen molar-refractivity contribution in [2.75, 3.05) is 18.4 Å². The lowest BCUT2D eigenvalue weighted by atomic mass is 10.1. The molecule has 7 heteroatoms. The molecule has 134 valence electrons. The van der Waals surface area contributed by atoms with Gasteiger partial charge in [-0.3, -0.25) is 10.1 Å². The van der Waals surface area contributed by atoms with Gasteiger partial charge in [0, 0.05) is 30.9 Å². The summed E-state index contributed by atoms with van der Waals surface area (Å²) in [5.74, 6) is 0. The highest BCUT2D eigenvalue weighted by Gasteiger charge is 2.23. The molecule has 1 aromatic carbocycles. The summed E-state index contributed by atoms with van der Waals surface area (Å²) < 4.78 is 5.95. The summed E-state index contributed by atoms with van der Waals surface area (Å²) in [5, 5.41) is 10.8. The Morgan fingerprint density at radius 2 is 2.12 bits per heavy atom. The Balaban J connectivity index is 1.29. The number of hydrogen-bond acceptors (Lipinski definition) is 4. The fraction of sp³-hybridized carbons (Fsp3) is 0.316. The molecule has 2 N–H and O–H groups in total. The minimum atomic E-state index is -0.0793. The number of ether oxygens (including phenoxy) is 1. The second-order valence-corrected chi connectivity index (χ2v) is 6.43. The van der Waals surface area contributed by atoms with Gasteiger partial charge in [-0.05, 0) is 36.6 Å². The van der Waals surface area contributed by atoms with Crippen LogP contribution in [0, 0.1) is 0 Å². The van der Waals surface area contributed by atoms with Crippen molar-refractivity contribution in [1.82, 2.24) is 20.1 Å². The minimum Gasteiger partial charge on any atom is -0.373 e. The standard InChI is InChI=1S/C19H21N5O2/c25-19(22-17-4-1-5-18-16(17)12-21-23-18)24-9-6-15(7-10-24)26-13-14-3-2-8-20-11-14/h1-5,8,11-12,15H,6-7,9-10,13H2,(H,21,23)(H,22,25). The molecule has 2 aromatic heterocycles. The topological polar surface area (TPSA) is 83.1 Å². The van der Waals surface area contributed by atoms with Gasteiger partial charge in [-0.15, -0.1) is 0 Å². The molecule has 0 radical (unpaired) electrons. The third-order valence-corrected chi connectivity index (χ3v) is 4.66. The van der Waals surface area contributed by atoms with Gasteiger partial charge in [0.05, 0.1) is 30.1 Å². The molecule has 0 atom stereocenters. The van der Waals surface area contributed by atoms with Gasteiger partial charge in [0.1, 0.15) is 0 Å². The van der Waals surface area contributed by atoms with Crippen molar-refractivity contribution in [2.24, 2.45) is 0 Å². The highest BCUT2D eigenvalue weighted by atomic mass is 16.5. The van der Waals surface area contributed by atoms with E-state index in [1.54, 1.807) is 12.4 Å². The molecular weight excluding hydrogens is 330 g/mol. The highest BCUT2D eigenvalue weighted by molar-refractivity contribution is 6.00. The zero-order valence-electron chi connectivity index (χ0n) is 14.4. The second-order valence-electron chi connectivity index (χ2n) is 6.43. The van der Waals surface area contributed by atoms with Gasteiger partial charge in [0.15, 0.2) is 0 Å². The van der Waals surface area contributed by atoms with Crippen LogP contribution in [-0.2, 0) is 11.3 Å². The number of hydrogen-bond donors (Lipinski definition) is 2. The van der Waals surface area contributed by atoms with Crippen LogP contribution in [0.4, 0.5) is 10.5 Å². The van der Waals surface area contributed by atoms with Gasteiger partial charge < -0.3 is 15.0 Å². The Labute approximate surface area is 151 Å². The molecule has 3 heterocycles. The van der Waals surface area contributed by atoms with Gasteiger partial charge in [-0.25, -0.2) is 4.79 Å². The van der Waals surface area contributed by atoms with Gasteiger partial charge in [-0.1, -0.05) is 12.1 Å². The van der Waals surface area contributed by atoms with Crippen LogP contribution in [0.3, 0.4) is 0 Å². The number of nitrogens with zero attached hydrogens (tertiary/aromatic N) is 3. The van der Waals surface area contributed by atoms with Gasteiger partial charge in [0.25, 0.3) is 0 Å². The van der Waals surface area contributed by atoms with Crippen LogP contribution in [0.1, 0.15) is 18.4 Å². The third kappa shape index (κ3) is 3.67. The predicted octanol–water partition coefficient (Wildman–Crippen LogP) is 3.17. The van der Waals surface area contributed by atoms with Crippen LogP contribution < -0.4 is 5.32 Å². The van der Waals surface area contributed by atoms with Crippen molar-refractivity contribution in [3.63, 3.8) is 0 Å². The van der Waals surface area contributed by atoms with E-state index in [1.165, 1.54) is 0 Å². The van der Waals surface area contributed by atoms with E-state index >= 15 is 0 Å². The van der Waals surface area contributed by atoms with E-state index in [-0.39, 0.29) is 12.1 Å². The molecule has 2 amide bonds. The number of likely N-dealkylation sites (tertiary alicyclic amines) is 1. The number of H-pyrrole nitrogens is 1. The van der Waals surface area contributed by atoms with E-state index in [0.717, 1.165) is 35.0 Å². The van der Waals surface area contributed by atoms with Crippen molar-refractivity contribution < 1.29 is 9.53 Å². The largest absolute Gasteiger partial charge is 0.373 e. The van der Waals surface area contributed by atoms with Gasteiger partial charge >= 0.3 is 6.03 Å². The predicted molar refractivity (Wildman–Crippen MR) is 98.7 cm³/mol. The fourth-order valence-electron chi connectivity index (χ4n) is 3.19. The number of benzene rings is 1. The maximum atomic E-state index is 12.6. The number of carbonyl (C=O) groups excluding carboxylic acids is 1. The molecule has 0 saturated carbocycles. The first-order chi connectivity index (χ1) is 12.8.